The van der Waals surface area contributed by atoms with E-state index in [0.717, 1.165) is 31.6 Å². The fourth-order valence-corrected chi connectivity index (χ4v) is 3.36. The van der Waals surface area contributed by atoms with Gasteiger partial charge in [-0.25, -0.2) is 0 Å². The largest absolute Gasteiger partial charge is 0.463 e. The van der Waals surface area contributed by atoms with Crippen molar-refractivity contribution in [2.45, 2.75) is 64.7 Å². The van der Waals surface area contributed by atoms with Gasteiger partial charge >= 0.3 is 0 Å². The van der Waals surface area contributed by atoms with Crippen LogP contribution in [0.4, 0.5) is 0 Å². The maximum absolute atomic E-state index is 9.79. The number of ether oxygens (including phenoxy) is 2. The average Bonchev–Trinajstić information content (AvgIpc) is 2.79. The summed E-state index contributed by atoms with van der Waals surface area (Å²) in [6, 6.07) is 6.56. The van der Waals surface area contributed by atoms with E-state index >= 15 is 0 Å². The van der Waals surface area contributed by atoms with Crippen LogP contribution in [0.1, 0.15) is 38.3 Å². The summed E-state index contributed by atoms with van der Waals surface area (Å²) in [7, 11) is 0. The summed E-state index contributed by atoms with van der Waals surface area (Å²) < 4.78 is 12.0. The van der Waals surface area contributed by atoms with Gasteiger partial charge < -0.3 is 14.6 Å². The highest BCUT2D eigenvalue weighted by atomic mass is 16.7. The maximum Gasteiger partial charge on any atom is 0.214 e. The molecule has 116 valence electrons. The predicted molar refractivity (Wildman–Crippen MR) is 81.3 cm³/mol. The Balaban J connectivity index is 1.73. The first-order valence-corrected chi connectivity index (χ1v) is 7.91. The molecule has 1 fully saturated rings. The first-order valence-electron chi connectivity index (χ1n) is 7.91. The van der Waals surface area contributed by atoms with Crippen LogP contribution in [0.25, 0.3) is 0 Å². The number of benzene rings is 1. The Labute approximate surface area is 126 Å². The predicted octanol–water partition coefficient (Wildman–Crippen LogP) is 2.33. The fourth-order valence-electron chi connectivity index (χ4n) is 3.36. The standard InChI is InChI=1S/C17H25NO3/c1-11(2)18-10-17(20-12(18)3)21-16-6-4-5-13-9-14(19)7-8-15(13)16/h4-6,11-12,14,17,19H,7-10H2,1-3H3. The lowest BCUT2D eigenvalue weighted by Gasteiger charge is -2.24. The molecule has 1 aromatic rings. The van der Waals surface area contributed by atoms with Crippen LogP contribution in [0.15, 0.2) is 18.2 Å². The van der Waals surface area contributed by atoms with Gasteiger partial charge in [-0.05, 0) is 57.2 Å². The van der Waals surface area contributed by atoms with Crippen molar-refractivity contribution in [1.82, 2.24) is 4.90 Å². The molecule has 1 N–H and O–H groups in total. The molecule has 1 aliphatic heterocycles. The van der Waals surface area contributed by atoms with Crippen molar-refractivity contribution in [1.29, 1.82) is 0 Å². The second-order valence-corrected chi connectivity index (χ2v) is 6.36. The second-order valence-electron chi connectivity index (χ2n) is 6.36. The number of nitrogens with zero attached hydrogens (tertiary/aromatic N) is 1. The van der Waals surface area contributed by atoms with E-state index in [0.29, 0.717) is 6.04 Å². The van der Waals surface area contributed by atoms with Crippen molar-refractivity contribution in [2.24, 2.45) is 0 Å². The molecule has 2 aliphatic rings. The van der Waals surface area contributed by atoms with Crippen molar-refractivity contribution in [3.63, 3.8) is 0 Å². The Hall–Kier alpha value is -1.10. The summed E-state index contributed by atoms with van der Waals surface area (Å²) in [6.07, 6.45) is 2.09. The van der Waals surface area contributed by atoms with E-state index in [1.54, 1.807) is 0 Å². The van der Waals surface area contributed by atoms with Crippen molar-refractivity contribution >= 4 is 0 Å². The third-order valence-corrected chi connectivity index (χ3v) is 4.51. The molecular weight excluding hydrogens is 266 g/mol. The maximum atomic E-state index is 9.79. The zero-order valence-electron chi connectivity index (χ0n) is 13.1. The summed E-state index contributed by atoms with van der Waals surface area (Å²) >= 11 is 0. The highest BCUT2D eigenvalue weighted by molar-refractivity contribution is 5.42. The molecule has 0 bridgehead atoms. The van der Waals surface area contributed by atoms with E-state index in [-0.39, 0.29) is 18.6 Å². The molecule has 1 aliphatic carbocycles. The van der Waals surface area contributed by atoms with Crippen molar-refractivity contribution in [3.05, 3.63) is 29.3 Å². The van der Waals surface area contributed by atoms with Crippen LogP contribution in [0.5, 0.6) is 5.75 Å². The highest BCUT2D eigenvalue weighted by Crippen LogP contribution is 2.31. The molecule has 4 heteroatoms. The van der Waals surface area contributed by atoms with Crippen LogP contribution < -0.4 is 4.74 Å². The lowest BCUT2D eigenvalue weighted by Crippen LogP contribution is -2.34. The quantitative estimate of drug-likeness (QED) is 0.928. The van der Waals surface area contributed by atoms with Crippen molar-refractivity contribution in [3.8, 4) is 5.75 Å². The average molecular weight is 291 g/mol. The molecule has 1 heterocycles. The molecule has 21 heavy (non-hydrogen) atoms. The van der Waals surface area contributed by atoms with Gasteiger partial charge in [0, 0.05) is 6.04 Å². The molecule has 3 atom stereocenters. The molecule has 0 spiro atoms. The Morgan fingerprint density at radius 3 is 2.90 bits per heavy atom. The summed E-state index contributed by atoms with van der Waals surface area (Å²) in [5, 5.41) is 9.79. The van der Waals surface area contributed by atoms with Gasteiger partial charge in [0.05, 0.1) is 12.6 Å². The normalized spacial score (nSPS) is 29.7. The van der Waals surface area contributed by atoms with Crippen molar-refractivity contribution in [2.75, 3.05) is 6.54 Å². The van der Waals surface area contributed by atoms with E-state index in [1.807, 2.05) is 12.1 Å². The van der Waals surface area contributed by atoms with E-state index in [1.165, 1.54) is 11.1 Å². The summed E-state index contributed by atoms with van der Waals surface area (Å²) in [5.41, 5.74) is 2.44. The van der Waals surface area contributed by atoms with Crippen LogP contribution in [0.3, 0.4) is 0 Å². The Bertz CT molecular complexity index is 503. The van der Waals surface area contributed by atoms with Gasteiger partial charge in [0.15, 0.2) is 0 Å². The molecule has 0 amide bonds. The summed E-state index contributed by atoms with van der Waals surface area (Å²) in [4.78, 5) is 2.30. The van der Waals surface area contributed by atoms with Gasteiger partial charge in [-0.1, -0.05) is 12.1 Å². The minimum absolute atomic E-state index is 0.0939. The number of hydrogen-bond donors (Lipinski definition) is 1. The first kappa shape index (κ1) is 14.8. The second kappa shape index (κ2) is 5.95. The molecule has 4 nitrogen and oxygen atoms in total. The Kier molecular flexibility index (Phi) is 4.20. The Morgan fingerprint density at radius 1 is 1.38 bits per heavy atom. The van der Waals surface area contributed by atoms with Crippen molar-refractivity contribution < 1.29 is 14.6 Å². The SMILES string of the molecule is CC(C)N1CC(Oc2cccc3c2CCC(O)C3)OC1C. The highest BCUT2D eigenvalue weighted by Gasteiger charge is 2.33. The summed E-state index contributed by atoms with van der Waals surface area (Å²) in [5.74, 6) is 0.919. The number of aliphatic hydroxyl groups is 1. The molecule has 1 aromatic carbocycles. The van der Waals surface area contributed by atoms with E-state index < -0.39 is 0 Å². The molecule has 3 rings (SSSR count). The number of hydrogen-bond acceptors (Lipinski definition) is 4. The molecule has 3 unspecified atom stereocenters. The zero-order chi connectivity index (χ0) is 15.0. The number of aliphatic hydroxyl groups excluding tert-OH is 1. The lowest BCUT2D eigenvalue weighted by molar-refractivity contribution is -0.0760. The van der Waals surface area contributed by atoms with E-state index in [9.17, 15) is 5.11 Å². The molecule has 0 aromatic heterocycles. The minimum atomic E-state index is -0.216. The monoisotopic (exact) mass is 291 g/mol. The smallest absolute Gasteiger partial charge is 0.214 e. The van der Waals surface area contributed by atoms with Gasteiger partial charge in [-0.3, -0.25) is 4.90 Å². The fraction of sp³-hybridized carbons (Fsp3) is 0.647. The van der Waals surface area contributed by atoms with E-state index in [2.05, 4.69) is 31.7 Å². The zero-order valence-corrected chi connectivity index (χ0v) is 13.1. The van der Waals surface area contributed by atoms with Gasteiger partial charge in [0.25, 0.3) is 0 Å². The number of rotatable bonds is 3. The first-order chi connectivity index (χ1) is 10.0. The summed E-state index contributed by atoms with van der Waals surface area (Å²) in [6.45, 7) is 7.22. The third kappa shape index (κ3) is 3.07. The molecular formula is C17H25NO3. The van der Waals surface area contributed by atoms with Crippen LogP contribution in [-0.4, -0.2) is 41.2 Å². The molecule has 0 radical (unpaired) electrons. The Morgan fingerprint density at radius 2 is 2.19 bits per heavy atom. The van der Waals surface area contributed by atoms with Crippen LogP contribution in [-0.2, 0) is 17.6 Å². The lowest BCUT2D eigenvalue weighted by atomic mass is 9.89. The minimum Gasteiger partial charge on any atom is -0.463 e. The van der Waals surface area contributed by atoms with Gasteiger partial charge in [0.2, 0.25) is 6.29 Å². The topological polar surface area (TPSA) is 41.9 Å². The van der Waals surface area contributed by atoms with Crippen LogP contribution in [0, 0.1) is 0 Å². The van der Waals surface area contributed by atoms with Gasteiger partial charge in [0.1, 0.15) is 12.0 Å². The van der Waals surface area contributed by atoms with Gasteiger partial charge in [-0.15, -0.1) is 0 Å². The molecule has 0 saturated carbocycles. The molecule has 1 saturated heterocycles. The van der Waals surface area contributed by atoms with Crippen LogP contribution >= 0.6 is 0 Å². The third-order valence-electron chi connectivity index (χ3n) is 4.51. The van der Waals surface area contributed by atoms with Crippen LogP contribution in [0.2, 0.25) is 0 Å². The number of fused-ring (bicyclic) bond motifs is 1. The van der Waals surface area contributed by atoms with Gasteiger partial charge in [-0.2, -0.15) is 0 Å². The van der Waals surface area contributed by atoms with E-state index in [4.69, 9.17) is 9.47 Å².